The summed E-state index contributed by atoms with van der Waals surface area (Å²) in [4.78, 5) is 13.6. The maximum absolute atomic E-state index is 12.5. The Morgan fingerprint density at radius 3 is 2.22 bits per heavy atom. The van der Waals surface area contributed by atoms with Gasteiger partial charge in [-0.25, -0.2) is 8.42 Å². The molecule has 1 amide bonds. The van der Waals surface area contributed by atoms with E-state index in [0.717, 1.165) is 12.2 Å². The van der Waals surface area contributed by atoms with E-state index < -0.39 is 10.0 Å². The minimum Gasteiger partial charge on any atom is -0.352 e. The first kappa shape index (κ1) is 21.5. The number of thioether (sulfide) groups is 1. The normalized spacial score (nSPS) is 11.5. The SMILES string of the molecule is CCN(CC)S(=O)(=O)c1ccc(C(=O)NCCCSc2ccccc2)cc1. The molecule has 27 heavy (non-hydrogen) atoms. The molecule has 2 rings (SSSR count). The Kier molecular flexibility index (Phi) is 8.34. The zero-order valence-corrected chi connectivity index (χ0v) is 17.4. The lowest BCUT2D eigenvalue weighted by Gasteiger charge is -2.18. The number of sulfonamides is 1. The van der Waals surface area contributed by atoms with Crippen molar-refractivity contribution in [1.82, 2.24) is 9.62 Å². The van der Waals surface area contributed by atoms with Crippen LogP contribution in [0.4, 0.5) is 0 Å². The molecule has 2 aromatic carbocycles. The zero-order valence-electron chi connectivity index (χ0n) is 15.7. The Morgan fingerprint density at radius 1 is 1.00 bits per heavy atom. The highest BCUT2D eigenvalue weighted by molar-refractivity contribution is 7.99. The molecule has 5 nitrogen and oxygen atoms in total. The third-order valence-electron chi connectivity index (χ3n) is 4.08. The maximum atomic E-state index is 12.5. The Labute approximate surface area is 166 Å². The second kappa shape index (κ2) is 10.5. The molecule has 0 heterocycles. The molecular formula is C20H26N2O3S2. The van der Waals surface area contributed by atoms with E-state index in [0.29, 0.717) is 25.2 Å². The van der Waals surface area contributed by atoms with Crippen LogP contribution in [-0.2, 0) is 10.0 Å². The number of nitrogens with zero attached hydrogens (tertiary/aromatic N) is 1. The van der Waals surface area contributed by atoms with Crippen LogP contribution >= 0.6 is 11.8 Å². The van der Waals surface area contributed by atoms with Gasteiger partial charge in [-0.2, -0.15) is 4.31 Å². The van der Waals surface area contributed by atoms with Gasteiger partial charge in [-0.3, -0.25) is 4.79 Å². The van der Waals surface area contributed by atoms with Crippen LogP contribution in [0.2, 0.25) is 0 Å². The van der Waals surface area contributed by atoms with Crippen molar-refractivity contribution >= 4 is 27.7 Å². The summed E-state index contributed by atoms with van der Waals surface area (Å²) in [7, 11) is -3.50. The summed E-state index contributed by atoms with van der Waals surface area (Å²) in [6, 6.07) is 16.2. The second-order valence-electron chi connectivity index (χ2n) is 5.88. The number of nitrogens with one attached hydrogen (secondary N) is 1. The molecule has 2 aromatic rings. The van der Waals surface area contributed by atoms with Crippen LogP contribution in [0.25, 0.3) is 0 Å². The minimum absolute atomic E-state index is 0.188. The van der Waals surface area contributed by atoms with Gasteiger partial charge >= 0.3 is 0 Å². The van der Waals surface area contributed by atoms with Crippen molar-refractivity contribution in [2.45, 2.75) is 30.1 Å². The van der Waals surface area contributed by atoms with Crippen LogP contribution < -0.4 is 5.32 Å². The van der Waals surface area contributed by atoms with Gasteiger partial charge < -0.3 is 5.32 Å². The second-order valence-corrected chi connectivity index (χ2v) is 8.99. The fourth-order valence-electron chi connectivity index (χ4n) is 2.57. The predicted molar refractivity (Wildman–Crippen MR) is 111 cm³/mol. The monoisotopic (exact) mass is 406 g/mol. The molecule has 0 aromatic heterocycles. The summed E-state index contributed by atoms with van der Waals surface area (Å²) >= 11 is 1.76. The van der Waals surface area contributed by atoms with Gasteiger partial charge in [0.15, 0.2) is 0 Å². The Bertz CT molecular complexity index is 818. The fourth-order valence-corrected chi connectivity index (χ4v) is 4.91. The van der Waals surface area contributed by atoms with Crippen LogP contribution in [0.15, 0.2) is 64.4 Å². The first-order valence-electron chi connectivity index (χ1n) is 9.05. The van der Waals surface area contributed by atoms with E-state index in [9.17, 15) is 13.2 Å². The van der Waals surface area contributed by atoms with Gasteiger partial charge in [0.1, 0.15) is 0 Å². The summed E-state index contributed by atoms with van der Waals surface area (Å²) in [6.07, 6.45) is 0.861. The zero-order chi connectivity index (χ0) is 19.7. The van der Waals surface area contributed by atoms with E-state index >= 15 is 0 Å². The molecule has 0 radical (unpaired) electrons. The van der Waals surface area contributed by atoms with Gasteiger partial charge in [-0.05, 0) is 48.6 Å². The van der Waals surface area contributed by atoms with Crippen LogP contribution in [0.1, 0.15) is 30.6 Å². The van der Waals surface area contributed by atoms with E-state index in [2.05, 4.69) is 17.4 Å². The average Bonchev–Trinajstić information content (AvgIpc) is 2.69. The predicted octanol–water partition coefficient (Wildman–Crippen LogP) is 3.63. The summed E-state index contributed by atoms with van der Waals surface area (Å²) < 4.78 is 26.3. The van der Waals surface area contributed by atoms with Crippen molar-refractivity contribution < 1.29 is 13.2 Å². The average molecular weight is 407 g/mol. The van der Waals surface area contributed by atoms with E-state index in [-0.39, 0.29) is 10.8 Å². The largest absolute Gasteiger partial charge is 0.352 e. The molecule has 0 saturated carbocycles. The molecule has 1 N–H and O–H groups in total. The van der Waals surface area contributed by atoms with Crippen LogP contribution in [0.5, 0.6) is 0 Å². The molecular weight excluding hydrogens is 380 g/mol. The first-order valence-corrected chi connectivity index (χ1v) is 11.5. The van der Waals surface area contributed by atoms with Gasteiger partial charge in [0, 0.05) is 30.1 Å². The van der Waals surface area contributed by atoms with Crippen molar-refractivity contribution in [2.75, 3.05) is 25.4 Å². The first-order chi connectivity index (χ1) is 13.0. The van der Waals surface area contributed by atoms with Crippen LogP contribution in [-0.4, -0.2) is 44.0 Å². The Hall–Kier alpha value is -1.83. The molecule has 0 bridgehead atoms. The van der Waals surface area contributed by atoms with Crippen molar-refractivity contribution in [1.29, 1.82) is 0 Å². The molecule has 0 saturated heterocycles. The molecule has 0 spiro atoms. The molecule has 0 aliphatic carbocycles. The highest BCUT2D eigenvalue weighted by atomic mass is 32.2. The van der Waals surface area contributed by atoms with Crippen LogP contribution in [0.3, 0.4) is 0 Å². The third-order valence-corrected chi connectivity index (χ3v) is 7.24. The highest BCUT2D eigenvalue weighted by Gasteiger charge is 2.21. The minimum atomic E-state index is -3.50. The molecule has 0 unspecified atom stereocenters. The lowest BCUT2D eigenvalue weighted by molar-refractivity contribution is 0.0953. The summed E-state index contributed by atoms with van der Waals surface area (Å²) in [5, 5.41) is 2.88. The van der Waals surface area contributed by atoms with E-state index in [1.807, 2.05) is 18.2 Å². The standard InChI is InChI=1S/C20H26N2O3S2/c1-3-22(4-2)27(24,25)19-13-11-17(12-14-19)20(23)21-15-8-16-26-18-9-6-5-7-10-18/h5-7,9-14H,3-4,8,15-16H2,1-2H3,(H,21,23). The Balaban J connectivity index is 1.83. The number of carbonyl (C=O) groups is 1. The number of rotatable bonds is 10. The van der Waals surface area contributed by atoms with Gasteiger partial charge in [0.05, 0.1) is 4.90 Å². The molecule has 0 atom stereocenters. The third kappa shape index (κ3) is 6.09. The number of amides is 1. The Morgan fingerprint density at radius 2 is 1.63 bits per heavy atom. The van der Waals surface area contributed by atoms with Gasteiger partial charge in [0.25, 0.3) is 5.91 Å². The molecule has 7 heteroatoms. The van der Waals surface area contributed by atoms with E-state index in [1.54, 1.807) is 37.7 Å². The summed E-state index contributed by atoms with van der Waals surface area (Å²) in [5.74, 6) is 0.734. The maximum Gasteiger partial charge on any atom is 0.251 e. The van der Waals surface area contributed by atoms with Gasteiger partial charge in [-0.1, -0.05) is 32.0 Å². The molecule has 0 fully saturated rings. The lowest BCUT2D eigenvalue weighted by Crippen LogP contribution is -2.30. The quantitative estimate of drug-likeness (QED) is 0.483. The lowest BCUT2D eigenvalue weighted by atomic mass is 10.2. The number of hydrogen-bond acceptors (Lipinski definition) is 4. The summed E-state index contributed by atoms with van der Waals surface area (Å²) in [6.45, 7) is 5.03. The topological polar surface area (TPSA) is 66.5 Å². The smallest absolute Gasteiger partial charge is 0.251 e. The van der Waals surface area contributed by atoms with Crippen LogP contribution in [0, 0.1) is 0 Å². The van der Waals surface area contributed by atoms with E-state index in [4.69, 9.17) is 0 Å². The summed E-state index contributed by atoms with van der Waals surface area (Å²) in [5.41, 5.74) is 0.462. The van der Waals surface area contributed by atoms with Gasteiger partial charge in [0.2, 0.25) is 10.0 Å². The molecule has 0 aliphatic heterocycles. The molecule has 146 valence electrons. The number of carbonyl (C=O) groups excluding carboxylic acids is 1. The van der Waals surface area contributed by atoms with Crippen molar-refractivity contribution in [3.8, 4) is 0 Å². The van der Waals surface area contributed by atoms with Crippen molar-refractivity contribution in [3.05, 3.63) is 60.2 Å². The fraction of sp³-hybridized carbons (Fsp3) is 0.350. The van der Waals surface area contributed by atoms with Gasteiger partial charge in [-0.15, -0.1) is 11.8 Å². The number of hydrogen-bond donors (Lipinski definition) is 1. The number of benzene rings is 2. The highest BCUT2D eigenvalue weighted by Crippen LogP contribution is 2.18. The van der Waals surface area contributed by atoms with Crippen molar-refractivity contribution in [3.63, 3.8) is 0 Å². The van der Waals surface area contributed by atoms with Crippen molar-refractivity contribution in [2.24, 2.45) is 0 Å². The van der Waals surface area contributed by atoms with E-state index in [1.165, 1.54) is 21.3 Å². The molecule has 0 aliphatic rings.